The topological polar surface area (TPSA) is 61.9 Å². The predicted molar refractivity (Wildman–Crippen MR) is 70.4 cm³/mol. The van der Waals surface area contributed by atoms with Crippen molar-refractivity contribution in [2.24, 2.45) is 5.92 Å². The number of nitrogens with zero attached hydrogens (tertiary/aromatic N) is 2. The van der Waals surface area contributed by atoms with Crippen LogP contribution in [-0.4, -0.2) is 36.1 Å². The molecule has 5 nitrogen and oxygen atoms in total. The lowest BCUT2D eigenvalue weighted by Crippen LogP contribution is -2.18. The molecule has 2 rings (SSSR count). The van der Waals surface area contributed by atoms with Crippen LogP contribution in [-0.2, 0) is 0 Å². The monoisotopic (exact) mass is 235 g/mol. The molecule has 1 aliphatic rings. The van der Waals surface area contributed by atoms with Gasteiger partial charge < -0.3 is 16.0 Å². The Balaban J connectivity index is 1.94. The van der Waals surface area contributed by atoms with Crippen LogP contribution in [0.3, 0.4) is 0 Å². The summed E-state index contributed by atoms with van der Waals surface area (Å²) in [5.41, 5.74) is 0. The lowest BCUT2D eigenvalue weighted by atomic mass is 10.1. The quantitative estimate of drug-likeness (QED) is 0.716. The molecule has 94 valence electrons. The number of hydrogen-bond donors (Lipinski definition) is 3. The molecule has 1 aliphatic heterocycles. The van der Waals surface area contributed by atoms with Crippen molar-refractivity contribution in [1.29, 1.82) is 0 Å². The van der Waals surface area contributed by atoms with Gasteiger partial charge >= 0.3 is 0 Å². The van der Waals surface area contributed by atoms with Gasteiger partial charge in [-0.15, -0.1) is 0 Å². The second-order valence-electron chi connectivity index (χ2n) is 4.46. The summed E-state index contributed by atoms with van der Waals surface area (Å²) in [5.74, 6) is 3.33. The Hall–Kier alpha value is -1.36. The smallest absolute Gasteiger partial charge is 0.131 e. The van der Waals surface area contributed by atoms with Gasteiger partial charge in [-0.3, -0.25) is 0 Å². The maximum atomic E-state index is 4.39. The molecule has 1 aromatic heterocycles. The Kier molecular flexibility index (Phi) is 4.14. The van der Waals surface area contributed by atoms with Crippen LogP contribution in [0.1, 0.15) is 19.2 Å². The van der Waals surface area contributed by atoms with Crippen LogP contribution in [0.5, 0.6) is 0 Å². The molecule has 5 heteroatoms. The average molecular weight is 235 g/mol. The Labute approximate surface area is 102 Å². The molecule has 0 radical (unpaired) electrons. The zero-order valence-electron chi connectivity index (χ0n) is 10.6. The molecule has 2 heterocycles. The molecule has 17 heavy (non-hydrogen) atoms. The Morgan fingerprint density at radius 1 is 1.35 bits per heavy atom. The van der Waals surface area contributed by atoms with Crippen LogP contribution < -0.4 is 16.0 Å². The van der Waals surface area contributed by atoms with Crippen molar-refractivity contribution < 1.29 is 0 Å². The summed E-state index contributed by atoms with van der Waals surface area (Å²) in [6.07, 6.45) is 1.25. The van der Waals surface area contributed by atoms with E-state index in [0.29, 0.717) is 5.92 Å². The van der Waals surface area contributed by atoms with E-state index in [-0.39, 0.29) is 0 Å². The summed E-state index contributed by atoms with van der Waals surface area (Å²) >= 11 is 0. The van der Waals surface area contributed by atoms with E-state index >= 15 is 0 Å². The van der Waals surface area contributed by atoms with Crippen molar-refractivity contribution in [3.8, 4) is 0 Å². The van der Waals surface area contributed by atoms with Crippen LogP contribution >= 0.6 is 0 Å². The van der Waals surface area contributed by atoms with Gasteiger partial charge in [0.15, 0.2) is 0 Å². The molecule has 0 amide bonds. The molecule has 1 fully saturated rings. The summed E-state index contributed by atoms with van der Waals surface area (Å²) in [7, 11) is 0. The minimum Gasteiger partial charge on any atom is -0.370 e. The minimum absolute atomic E-state index is 0.716. The third kappa shape index (κ3) is 3.56. The van der Waals surface area contributed by atoms with E-state index < -0.39 is 0 Å². The summed E-state index contributed by atoms with van der Waals surface area (Å²) in [4.78, 5) is 8.72. The fraction of sp³-hybridized carbons (Fsp3) is 0.667. The molecule has 0 bridgehead atoms. The van der Waals surface area contributed by atoms with Gasteiger partial charge in [-0.05, 0) is 39.3 Å². The Morgan fingerprint density at radius 3 is 2.76 bits per heavy atom. The molecular weight excluding hydrogens is 214 g/mol. The van der Waals surface area contributed by atoms with Crippen LogP contribution in [0.15, 0.2) is 6.07 Å². The number of rotatable bonds is 5. The van der Waals surface area contributed by atoms with Crippen LogP contribution in [0.25, 0.3) is 0 Å². The number of aryl methyl sites for hydroxylation is 1. The van der Waals surface area contributed by atoms with Crippen molar-refractivity contribution >= 4 is 11.6 Å². The number of hydrogen-bond acceptors (Lipinski definition) is 5. The fourth-order valence-electron chi connectivity index (χ4n) is 2.07. The highest BCUT2D eigenvalue weighted by Crippen LogP contribution is 2.13. The number of nitrogens with one attached hydrogen (secondary N) is 3. The van der Waals surface area contributed by atoms with Crippen molar-refractivity contribution in [1.82, 2.24) is 15.3 Å². The summed E-state index contributed by atoms with van der Waals surface area (Å²) < 4.78 is 0. The van der Waals surface area contributed by atoms with Gasteiger partial charge in [-0.25, -0.2) is 9.97 Å². The van der Waals surface area contributed by atoms with E-state index in [1.807, 2.05) is 13.0 Å². The normalized spacial score (nSPS) is 19.3. The largest absolute Gasteiger partial charge is 0.370 e. The molecule has 1 saturated heterocycles. The lowest BCUT2D eigenvalue weighted by Gasteiger charge is -2.12. The zero-order chi connectivity index (χ0) is 12.1. The summed E-state index contributed by atoms with van der Waals surface area (Å²) in [6.45, 7) is 8.09. The van der Waals surface area contributed by atoms with Gasteiger partial charge in [0.25, 0.3) is 0 Å². The molecule has 1 unspecified atom stereocenters. The first-order valence-corrected chi connectivity index (χ1v) is 6.32. The maximum Gasteiger partial charge on any atom is 0.131 e. The van der Waals surface area contributed by atoms with E-state index in [2.05, 4.69) is 32.8 Å². The van der Waals surface area contributed by atoms with Gasteiger partial charge in [0.2, 0.25) is 0 Å². The standard InChI is InChI=1S/C12H21N5/c1-3-14-11-6-12(17-9(2)16-11)15-8-10-4-5-13-7-10/h6,10,13H,3-5,7-8H2,1-2H3,(H2,14,15,16,17). The number of aromatic nitrogens is 2. The highest BCUT2D eigenvalue weighted by molar-refractivity contribution is 5.47. The summed E-state index contributed by atoms with van der Waals surface area (Å²) in [6, 6.07) is 1.97. The van der Waals surface area contributed by atoms with Crippen LogP contribution in [0, 0.1) is 12.8 Å². The molecule has 0 spiro atoms. The van der Waals surface area contributed by atoms with Crippen LogP contribution in [0.4, 0.5) is 11.6 Å². The third-order valence-electron chi connectivity index (χ3n) is 2.93. The third-order valence-corrected chi connectivity index (χ3v) is 2.93. The number of anilines is 2. The molecule has 0 aromatic carbocycles. The first-order chi connectivity index (χ1) is 8.28. The lowest BCUT2D eigenvalue weighted by molar-refractivity contribution is 0.614. The van der Waals surface area contributed by atoms with E-state index in [1.165, 1.54) is 6.42 Å². The van der Waals surface area contributed by atoms with E-state index in [4.69, 9.17) is 0 Å². The minimum atomic E-state index is 0.716. The molecule has 1 atom stereocenters. The molecule has 3 N–H and O–H groups in total. The van der Waals surface area contributed by atoms with Gasteiger partial charge in [0, 0.05) is 19.2 Å². The van der Waals surface area contributed by atoms with E-state index in [1.54, 1.807) is 0 Å². The first kappa shape index (κ1) is 12.1. The van der Waals surface area contributed by atoms with E-state index in [9.17, 15) is 0 Å². The van der Waals surface area contributed by atoms with Crippen LogP contribution in [0.2, 0.25) is 0 Å². The van der Waals surface area contributed by atoms with Crippen molar-refractivity contribution in [3.63, 3.8) is 0 Å². The first-order valence-electron chi connectivity index (χ1n) is 6.32. The summed E-state index contributed by atoms with van der Waals surface area (Å²) in [5, 5.41) is 9.97. The second kappa shape index (κ2) is 5.82. The average Bonchev–Trinajstić information content (AvgIpc) is 2.79. The molecule has 0 aliphatic carbocycles. The van der Waals surface area contributed by atoms with Crippen molar-refractivity contribution in [2.45, 2.75) is 20.3 Å². The highest BCUT2D eigenvalue weighted by Gasteiger charge is 2.14. The predicted octanol–water partition coefficient (Wildman–Crippen LogP) is 1.24. The molecular formula is C12H21N5. The van der Waals surface area contributed by atoms with Gasteiger partial charge in [0.1, 0.15) is 17.5 Å². The SMILES string of the molecule is CCNc1cc(NCC2CCNC2)nc(C)n1. The fourth-order valence-corrected chi connectivity index (χ4v) is 2.07. The second-order valence-corrected chi connectivity index (χ2v) is 4.46. The van der Waals surface area contributed by atoms with Gasteiger partial charge in [-0.1, -0.05) is 0 Å². The van der Waals surface area contributed by atoms with Gasteiger partial charge in [0.05, 0.1) is 0 Å². The molecule has 1 aromatic rings. The maximum absolute atomic E-state index is 4.39. The van der Waals surface area contributed by atoms with Crippen molar-refractivity contribution in [2.75, 3.05) is 36.8 Å². The Bertz CT molecular complexity index is 360. The van der Waals surface area contributed by atoms with E-state index in [0.717, 1.165) is 43.6 Å². The Morgan fingerprint density at radius 2 is 2.12 bits per heavy atom. The highest BCUT2D eigenvalue weighted by atomic mass is 15.1. The van der Waals surface area contributed by atoms with Gasteiger partial charge in [-0.2, -0.15) is 0 Å². The van der Waals surface area contributed by atoms with Crippen molar-refractivity contribution in [3.05, 3.63) is 11.9 Å². The zero-order valence-corrected chi connectivity index (χ0v) is 10.6. The molecule has 0 saturated carbocycles.